The van der Waals surface area contributed by atoms with Crippen molar-refractivity contribution < 1.29 is 36.0 Å². The molecule has 0 spiro atoms. The molecule has 3 fully saturated rings. The number of alkyl halides is 3. The molecule has 8 N–H and O–H groups in total. The fraction of sp³-hybridized carbons (Fsp3) is 0.397. The average molecular weight is 1560 g/mol. The number of benzene rings is 5. The summed E-state index contributed by atoms with van der Waals surface area (Å²) in [4.78, 5) is 65.3. The number of rotatable bonds is 9. The van der Waals surface area contributed by atoms with Gasteiger partial charge in [-0.05, 0) is 100 Å². The lowest BCUT2D eigenvalue weighted by Crippen LogP contribution is -2.48. The van der Waals surface area contributed by atoms with Gasteiger partial charge in [0.05, 0.1) is 118 Å². The Kier molecular flexibility index (Phi) is 22.5. The van der Waals surface area contributed by atoms with Crippen molar-refractivity contribution in [3.63, 3.8) is 0 Å². The van der Waals surface area contributed by atoms with Crippen molar-refractivity contribution >= 4 is 151 Å². The number of nitrogens with zero attached hydrogens (tertiary/aromatic N) is 15. The Hall–Kier alpha value is -10.2. The molecule has 3 amide bonds. The largest absolute Gasteiger partial charge is 0.416 e. The number of nitrogens with one attached hydrogen (secondary N) is 8. The monoisotopic (exact) mass is 1560 g/mol. The molecule has 2 atom stereocenters. The summed E-state index contributed by atoms with van der Waals surface area (Å²) in [7, 11) is 3.88. The lowest BCUT2D eigenvalue weighted by Gasteiger charge is -2.35. The van der Waals surface area contributed by atoms with Crippen LogP contribution in [0.25, 0.3) is 54.5 Å². The Morgan fingerprint density at radius 3 is 1.34 bits per heavy atom. The van der Waals surface area contributed by atoms with Crippen molar-refractivity contribution in [3.8, 4) is 0 Å². The fourth-order valence-electron chi connectivity index (χ4n) is 14.8. The van der Waals surface area contributed by atoms with Gasteiger partial charge in [-0.15, -0.1) is 0 Å². The number of piperazine rings is 1. The molecule has 0 aliphatic carbocycles. The van der Waals surface area contributed by atoms with Gasteiger partial charge in [-0.25, -0.2) is 18.4 Å². The van der Waals surface area contributed by atoms with E-state index in [9.17, 15) is 36.0 Å². The molecule has 0 bridgehead atoms. The second-order valence-corrected chi connectivity index (χ2v) is 31.2. The number of aromatic nitrogens is 14. The average Bonchev–Trinajstić information content (AvgIpc) is 1.47. The number of hydrogen-bond acceptors (Lipinski definition) is 17. The van der Waals surface area contributed by atoms with E-state index in [2.05, 4.69) is 95.8 Å². The van der Waals surface area contributed by atoms with Crippen LogP contribution in [0.1, 0.15) is 72.6 Å². The van der Waals surface area contributed by atoms with E-state index in [0.717, 1.165) is 178 Å². The van der Waals surface area contributed by atoms with E-state index in [0.29, 0.717) is 72.3 Å². The number of aryl methyl sites for hydroxylation is 2. The molecule has 570 valence electrons. The first kappa shape index (κ1) is 76.1. The maximum Gasteiger partial charge on any atom is 0.416 e. The zero-order chi connectivity index (χ0) is 76.5. The molecule has 7 aromatic heterocycles. The highest BCUT2D eigenvalue weighted by Crippen LogP contribution is 2.40. The van der Waals surface area contributed by atoms with Crippen LogP contribution >= 0.6 is 34.8 Å². The molecular formula is C73H85Cl3F3N23O5S. The highest BCUT2D eigenvalue weighted by Gasteiger charge is 2.35. The number of piperidine rings is 2. The number of amides is 3. The van der Waals surface area contributed by atoms with E-state index < -0.39 is 21.8 Å². The van der Waals surface area contributed by atoms with Gasteiger partial charge in [0, 0.05) is 190 Å². The Bertz CT molecular complexity index is 5370. The molecule has 108 heavy (non-hydrogen) atoms. The summed E-state index contributed by atoms with van der Waals surface area (Å²) in [5.74, 6) is 2.15. The van der Waals surface area contributed by atoms with Crippen molar-refractivity contribution in [2.75, 3.05) is 129 Å². The molecule has 35 heteroatoms. The minimum atomic E-state index is -4.39. The summed E-state index contributed by atoms with van der Waals surface area (Å²) in [5, 5.41) is 44.4. The standard InChI is InChI=1S/C15H19ClN4O.C15H14F3N5.C15H21N5O3S.C14H14ClN5.C14H17ClN4O/c1-19(2)15(21)10-4-3-5-20(9-10)14-7-11(16)6-13-12(14)8-17-18-13;1-8-20-11-2-3-23(7-13(11)21-8)14-5-9(15(16,17)18)4-12-10(14)6-19-22-12;1-11(21)18(2)12-8-14-13(10-16-17-14)15(9-12)19-4-6-20(7-5-19)24(3,22)23;1-8-17-11-2-3-20(7-13(11)18-8)14-5-9(15)4-12-10(14)6-16-19-12;1-16-14(20)9-3-2-4-19(8-9)13-6-10(15)5-12-11(13)7-17-18-12/h6-8,10H,3-5,9H2,1-2H3,(H,17,18);4-6H,2-3,7H2,1H3,(H,19,22)(H,20,21);8-10H,4-7H2,1-3H3,(H,16,17);4-6H,2-3,7H2,1H3,(H,16,19)(H,17,18);5-7,9H,2-4,8H2,1H3,(H,16,20)(H,17,18). The van der Waals surface area contributed by atoms with Gasteiger partial charge in [-0.1, -0.05) is 34.8 Å². The lowest BCUT2D eigenvalue weighted by atomic mass is 9.96. The number of aromatic amines is 7. The van der Waals surface area contributed by atoms with E-state index in [-0.39, 0.29) is 29.6 Å². The van der Waals surface area contributed by atoms with Crippen LogP contribution in [0.4, 0.5) is 47.3 Å². The highest BCUT2D eigenvalue weighted by molar-refractivity contribution is 7.88. The Labute approximate surface area is 635 Å². The predicted octanol–water partition coefficient (Wildman–Crippen LogP) is 11.3. The number of fused-ring (bicyclic) bond motifs is 7. The summed E-state index contributed by atoms with van der Waals surface area (Å²) >= 11 is 18.6. The quantitative estimate of drug-likeness (QED) is 0.0666. The van der Waals surface area contributed by atoms with E-state index >= 15 is 0 Å². The summed E-state index contributed by atoms with van der Waals surface area (Å²) in [6.07, 6.45) is 11.2. The van der Waals surface area contributed by atoms with Crippen molar-refractivity contribution in [1.29, 1.82) is 0 Å². The SMILES string of the molecule is CC(=O)N(C)c1cc(N2CCN(S(C)(=O)=O)CC2)c2cn[nH]c2c1.CN(C)C(=O)C1CCCN(c2cc(Cl)cc3[nH]ncc23)C1.CNC(=O)C1CCCN(c2cc(Cl)cc3[nH]ncc23)C1.Cc1nc2c([nH]1)CN(c1cc(C(F)(F)F)cc3[nH]ncc13)CC2.Cc1nc2c([nH]1)CN(c1cc(Cl)cc3[nH]ncc13)CC2. The normalized spacial score (nSPS) is 16.9. The third kappa shape index (κ3) is 16.9. The molecule has 5 aliphatic rings. The third-order valence-electron chi connectivity index (χ3n) is 20.3. The minimum absolute atomic E-state index is 0.0367. The summed E-state index contributed by atoms with van der Waals surface area (Å²) in [6, 6.07) is 17.7. The first-order chi connectivity index (χ1) is 51.6. The van der Waals surface area contributed by atoms with Gasteiger partial charge < -0.3 is 49.6 Å². The van der Waals surface area contributed by atoms with Gasteiger partial charge in [0.2, 0.25) is 27.7 Å². The molecule has 12 heterocycles. The fourth-order valence-corrected chi connectivity index (χ4v) is 16.3. The number of imidazole rings is 2. The molecule has 28 nitrogen and oxygen atoms in total. The van der Waals surface area contributed by atoms with Crippen LogP contribution in [0.2, 0.25) is 15.1 Å². The van der Waals surface area contributed by atoms with Crippen LogP contribution in [0.5, 0.6) is 0 Å². The van der Waals surface area contributed by atoms with Gasteiger partial charge in [-0.2, -0.15) is 43.0 Å². The van der Waals surface area contributed by atoms with Crippen LogP contribution in [-0.2, 0) is 56.5 Å². The second kappa shape index (κ2) is 32.0. The molecule has 5 aliphatic heterocycles. The smallest absolute Gasteiger partial charge is 0.370 e. The summed E-state index contributed by atoms with van der Waals surface area (Å²) in [6.45, 7) is 13.7. The van der Waals surface area contributed by atoms with Crippen LogP contribution in [0.3, 0.4) is 0 Å². The molecule has 17 rings (SSSR count). The highest BCUT2D eigenvalue weighted by atomic mass is 35.5. The topological polar surface area (TPSA) is 324 Å². The van der Waals surface area contributed by atoms with Crippen molar-refractivity contribution in [3.05, 3.63) is 147 Å². The molecule has 3 saturated heterocycles. The zero-order valence-corrected chi connectivity index (χ0v) is 64.1. The van der Waals surface area contributed by atoms with E-state index in [1.165, 1.54) is 34.9 Å². The first-order valence-electron chi connectivity index (χ1n) is 35.5. The Morgan fingerprint density at radius 1 is 0.528 bits per heavy atom. The van der Waals surface area contributed by atoms with E-state index in [4.69, 9.17) is 34.8 Å². The van der Waals surface area contributed by atoms with E-state index in [1.54, 1.807) is 36.3 Å². The lowest BCUT2D eigenvalue weighted by molar-refractivity contribution is -0.137. The molecule has 2 unspecified atom stereocenters. The van der Waals surface area contributed by atoms with Gasteiger partial charge in [-0.3, -0.25) is 39.9 Å². The predicted molar refractivity (Wildman–Crippen MR) is 417 cm³/mol. The van der Waals surface area contributed by atoms with Crippen LogP contribution < -0.4 is 34.7 Å². The van der Waals surface area contributed by atoms with Gasteiger partial charge in [0.25, 0.3) is 0 Å². The van der Waals surface area contributed by atoms with Gasteiger partial charge in [0.15, 0.2) is 0 Å². The molecule has 0 radical (unpaired) electrons. The summed E-state index contributed by atoms with van der Waals surface area (Å²) < 4.78 is 64.2. The maximum absolute atomic E-state index is 13.1. The Balaban J connectivity index is 0.000000119. The number of hydrogen-bond donors (Lipinski definition) is 8. The molecule has 5 aromatic carbocycles. The maximum atomic E-state index is 13.1. The zero-order valence-electron chi connectivity index (χ0n) is 61.0. The van der Waals surface area contributed by atoms with E-state index in [1.807, 2.05) is 100.0 Å². The van der Waals surface area contributed by atoms with Gasteiger partial charge >= 0.3 is 6.18 Å². The van der Waals surface area contributed by atoms with Crippen LogP contribution in [0.15, 0.2) is 91.6 Å². The van der Waals surface area contributed by atoms with Crippen molar-refractivity contribution in [2.24, 2.45) is 11.8 Å². The molecular weight excluding hydrogens is 1470 g/mol. The Morgan fingerprint density at radius 2 is 0.926 bits per heavy atom. The minimum Gasteiger partial charge on any atom is -0.370 e. The van der Waals surface area contributed by atoms with Crippen molar-refractivity contribution in [2.45, 2.75) is 78.6 Å². The van der Waals surface area contributed by atoms with Gasteiger partial charge in [0.1, 0.15) is 11.6 Å². The third-order valence-corrected chi connectivity index (χ3v) is 22.3. The van der Waals surface area contributed by atoms with Crippen LogP contribution in [0, 0.1) is 25.7 Å². The number of anilines is 6. The first-order valence-corrected chi connectivity index (χ1v) is 38.5. The number of carbonyl (C=O) groups excluding carboxylic acids is 3. The summed E-state index contributed by atoms with van der Waals surface area (Å²) in [5.41, 5.74) is 13.2. The number of carbonyl (C=O) groups is 3. The second-order valence-electron chi connectivity index (χ2n) is 27.9. The van der Waals surface area contributed by atoms with Crippen LogP contribution in [-0.4, -0.2) is 206 Å². The number of H-pyrrole nitrogens is 7. The molecule has 12 aromatic rings. The van der Waals surface area contributed by atoms with Crippen molar-refractivity contribution in [1.82, 2.24) is 85.4 Å². The molecule has 0 saturated carbocycles. The number of sulfonamides is 1. The number of halogens is 6.